The zero-order valence-electron chi connectivity index (χ0n) is 10.9. The zero-order chi connectivity index (χ0) is 14.3. The quantitative estimate of drug-likeness (QED) is 0.793. The Kier molecular flexibility index (Phi) is 3.07. The lowest BCUT2D eigenvalue weighted by Crippen LogP contribution is -2.29. The minimum absolute atomic E-state index is 0.384. The molecular weight excluding hydrogens is 274 g/mol. The fourth-order valence-corrected chi connectivity index (χ4v) is 2.59. The first-order valence-corrected chi connectivity index (χ1v) is 6.65. The third kappa shape index (κ3) is 2.10. The summed E-state index contributed by atoms with van der Waals surface area (Å²) < 4.78 is 0. The van der Waals surface area contributed by atoms with Gasteiger partial charge in [-0.1, -0.05) is 41.4 Å². The van der Waals surface area contributed by atoms with E-state index in [1.54, 1.807) is 18.2 Å². The van der Waals surface area contributed by atoms with E-state index >= 15 is 0 Å². The molecule has 3 nitrogen and oxygen atoms in total. The Balaban J connectivity index is 1.99. The predicted octanol–water partition coefficient (Wildman–Crippen LogP) is 3.38. The van der Waals surface area contributed by atoms with Gasteiger partial charge in [-0.3, -0.25) is 9.59 Å². The van der Waals surface area contributed by atoms with Gasteiger partial charge in [-0.25, -0.2) is 0 Å². The molecule has 3 rings (SSSR count). The Morgan fingerprint density at radius 1 is 1.10 bits per heavy atom. The van der Waals surface area contributed by atoms with Gasteiger partial charge < -0.3 is 4.90 Å². The van der Waals surface area contributed by atoms with Crippen molar-refractivity contribution in [3.8, 4) is 0 Å². The number of Topliss-reactive ketones (excluding diaryl/α,β-unsaturated/α-hetero) is 1. The fraction of sp³-hybridized carbons (Fsp3) is 0.125. The Labute approximate surface area is 121 Å². The second-order valence-electron chi connectivity index (χ2n) is 4.87. The highest BCUT2D eigenvalue weighted by Crippen LogP contribution is 2.32. The molecule has 100 valence electrons. The fourth-order valence-electron chi connectivity index (χ4n) is 2.42. The van der Waals surface area contributed by atoms with E-state index in [4.69, 9.17) is 11.6 Å². The number of carbonyl (C=O) groups is 2. The number of hydrogen-bond donors (Lipinski definition) is 0. The summed E-state index contributed by atoms with van der Waals surface area (Å²) in [7, 11) is 0. The molecule has 2 aromatic rings. The molecule has 1 aliphatic heterocycles. The van der Waals surface area contributed by atoms with E-state index in [0.717, 1.165) is 11.1 Å². The Morgan fingerprint density at radius 3 is 2.65 bits per heavy atom. The lowest BCUT2D eigenvalue weighted by Gasteiger charge is -2.16. The molecule has 0 N–H and O–H groups in total. The number of aryl methyl sites for hydroxylation is 1. The van der Waals surface area contributed by atoms with Crippen LogP contribution in [0.3, 0.4) is 0 Å². The van der Waals surface area contributed by atoms with Crippen molar-refractivity contribution in [1.29, 1.82) is 0 Å². The van der Waals surface area contributed by atoms with Crippen molar-refractivity contribution in [3.63, 3.8) is 0 Å². The largest absolute Gasteiger partial charge is 0.300 e. The van der Waals surface area contributed by atoms with E-state index in [-0.39, 0.29) is 0 Å². The molecule has 0 saturated heterocycles. The van der Waals surface area contributed by atoms with Gasteiger partial charge in [0, 0.05) is 5.02 Å². The summed E-state index contributed by atoms with van der Waals surface area (Å²) in [5, 5.41) is 0.460. The average Bonchev–Trinajstić information content (AvgIpc) is 2.64. The molecule has 0 bridgehead atoms. The lowest BCUT2D eigenvalue weighted by atomic mass is 10.1. The van der Waals surface area contributed by atoms with Crippen molar-refractivity contribution in [2.24, 2.45) is 0 Å². The second kappa shape index (κ2) is 4.76. The monoisotopic (exact) mass is 285 g/mol. The van der Waals surface area contributed by atoms with Gasteiger partial charge in [-0.2, -0.15) is 0 Å². The SMILES string of the molecule is Cc1cccc(CN2C(=O)C(=O)c3cc(Cl)ccc32)c1. The van der Waals surface area contributed by atoms with Gasteiger partial charge in [-0.05, 0) is 30.7 Å². The van der Waals surface area contributed by atoms with Gasteiger partial charge in [0.25, 0.3) is 11.7 Å². The van der Waals surface area contributed by atoms with Gasteiger partial charge in [0.2, 0.25) is 0 Å². The number of amides is 1. The maximum Gasteiger partial charge on any atom is 0.299 e. The highest BCUT2D eigenvalue weighted by atomic mass is 35.5. The first kappa shape index (κ1) is 12.9. The Bertz CT molecular complexity index is 724. The molecule has 0 atom stereocenters. The highest BCUT2D eigenvalue weighted by molar-refractivity contribution is 6.52. The third-order valence-corrected chi connectivity index (χ3v) is 3.59. The summed E-state index contributed by atoms with van der Waals surface area (Å²) in [6, 6.07) is 12.8. The van der Waals surface area contributed by atoms with Gasteiger partial charge in [-0.15, -0.1) is 0 Å². The molecule has 0 unspecified atom stereocenters. The van der Waals surface area contributed by atoms with Crippen molar-refractivity contribution in [2.45, 2.75) is 13.5 Å². The van der Waals surface area contributed by atoms with Gasteiger partial charge >= 0.3 is 0 Å². The first-order chi connectivity index (χ1) is 9.56. The lowest BCUT2D eigenvalue weighted by molar-refractivity contribution is -0.114. The molecule has 2 aromatic carbocycles. The summed E-state index contributed by atoms with van der Waals surface area (Å²) in [6.07, 6.45) is 0. The molecule has 0 aliphatic carbocycles. The Morgan fingerprint density at radius 2 is 1.90 bits per heavy atom. The highest BCUT2D eigenvalue weighted by Gasteiger charge is 2.35. The number of nitrogens with zero attached hydrogens (tertiary/aromatic N) is 1. The van der Waals surface area contributed by atoms with Crippen molar-refractivity contribution in [2.75, 3.05) is 4.90 Å². The summed E-state index contributed by atoms with van der Waals surface area (Å²) in [6.45, 7) is 2.38. The third-order valence-electron chi connectivity index (χ3n) is 3.36. The zero-order valence-corrected chi connectivity index (χ0v) is 11.6. The van der Waals surface area contributed by atoms with Crippen LogP contribution < -0.4 is 4.90 Å². The number of carbonyl (C=O) groups excluding carboxylic acids is 2. The summed E-state index contributed by atoms with van der Waals surface area (Å²) >= 11 is 5.88. The molecule has 0 saturated carbocycles. The van der Waals surface area contributed by atoms with Crippen molar-refractivity contribution >= 4 is 29.0 Å². The normalized spacial score (nSPS) is 13.8. The maximum atomic E-state index is 12.1. The van der Waals surface area contributed by atoms with Gasteiger partial charge in [0.1, 0.15) is 0 Å². The van der Waals surface area contributed by atoms with Crippen LogP contribution in [0.5, 0.6) is 0 Å². The molecule has 0 radical (unpaired) electrons. The summed E-state index contributed by atoms with van der Waals surface area (Å²) in [5.74, 6) is -0.987. The summed E-state index contributed by atoms with van der Waals surface area (Å²) in [5.41, 5.74) is 3.13. The number of halogens is 1. The Hall–Kier alpha value is -2.13. The van der Waals surface area contributed by atoms with Crippen LogP contribution in [0.25, 0.3) is 0 Å². The van der Waals surface area contributed by atoms with E-state index in [2.05, 4.69) is 0 Å². The number of ketones is 1. The molecule has 0 aromatic heterocycles. The number of rotatable bonds is 2. The molecule has 1 amide bonds. The van der Waals surface area contributed by atoms with Crippen LogP contribution in [0, 0.1) is 6.92 Å². The molecule has 1 aliphatic rings. The molecule has 0 spiro atoms. The maximum absolute atomic E-state index is 12.1. The van der Waals surface area contributed by atoms with E-state index in [1.807, 2.05) is 31.2 Å². The van der Waals surface area contributed by atoms with E-state index < -0.39 is 11.7 Å². The van der Waals surface area contributed by atoms with Gasteiger partial charge in [0.05, 0.1) is 17.8 Å². The second-order valence-corrected chi connectivity index (χ2v) is 5.31. The van der Waals surface area contributed by atoms with Crippen LogP contribution in [0.15, 0.2) is 42.5 Å². The van der Waals surface area contributed by atoms with Crippen LogP contribution in [-0.4, -0.2) is 11.7 Å². The molecular formula is C16H12ClNO2. The first-order valence-electron chi connectivity index (χ1n) is 6.27. The van der Waals surface area contributed by atoms with E-state index in [0.29, 0.717) is 22.8 Å². The average molecular weight is 286 g/mol. The number of fused-ring (bicyclic) bond motifs is 1. The van der Waals surface area contributed by atoms with E-state index in [1.165, 1.54) is 4.90 Å². The number of benzene rings is 2. The molecule has 4 heteroatoms. The number of anilines is 1. The molecule has 20 heavy (non-hydrogen) atoms. The molecule has 1 heterocycles. The van der Waals surface area contributed by atoms with Gasteiger partial charge in [0.15, 0.2) is 0 Å². The smallest absolute Gasteiger partial charge is 0.299 e. The minimum Gasteiger partial charge on any atom is -0.300 e. The van der Waals surface area contributed by atoms with Crippen LogP contribution in [0.2, 0.25) is 5.02 Å². The predicted molar refractivity (Wildman–Crippen MR) is 78.2 cm³/mol. The topological polar surface area (TPSA) is 37.4 Å². The minimum atomic E-state index is -0.497. The summed E-state index contributed by atoms with van der Waals surface area (Å²) in [4.78, 5) is 25.6. The van der Waals surface area contributed by atoms with E-state index in [9.17, 15) is 9.59 Å². The standard InChI is InChI=1S/C16H12ClNO2/c1-10-3-2-4-11(7-10)9-18-14-6-5-12(17)8-13(14)15(19)16(18)20/h2-8H,9H2,1H3. The van der Waals surface area contributed by atoms with Crippen LogP contribution in [0.4, 0.5) is 5.69 Å². The van der Waals surface area contributed by atoms with Crippen molar-refractivity contribution in [1.82, 2.24) is 0 Å². The molecule has 0 fully saturated rings. The number of hydrogen-bond acceptors (Lipinski definition) is 2. The van der Waals surface area contributed by atoms with Crippen molar-refractivity contribution < 1.29 is 9.59 Å². The van der Waals surface area contributed by atoms with Crippen LogP contribution in [0.1, 0.15) is 21.5 Å². The van der Waals surface area contributed by atoms with Crippen LogP contribution >= 0.6 is 11.6 Å². The van der Waals surface area contributed by atoms with Crippen molar-refractivity contribution in [3.05, 3.63) is 64.2 Å². The van der Waals surface area contributed by atoms with Crippen LogP contribution in [-0.2, 0) is 11.3 Å².